The normalized spacial score (nSPS) is 11.1. The van der Waals surface area contributed by atoms with Crippen LogP contribution in [0, 0.1) is 0 Å². The lowest BCUT2D eigenvalue weighted by atomic mass is 10.3. The Labute approximate surface area is 173 Å². The summed E-state index contributed by atoms with van der Waals surface area (Å²) in [6.07, 6.45) is 1.93. The molecular formula is C19H20N4O4S2. The molecule has 0 radical (unpaired) electrons. The third-order valence-corrected chi connectivity index (χ3v) is 5.84. The van der Waals surface area contributed by atoms with Crippen molar-refractivity contribution in [2.45, 2.75) is 16.8 Å². The number of thioether (sulfide) groups is 1. The molecule has 3 rings (SSSR count). The molecule has 0 atom stereocenters. The Kier molecular flexibility index (Phi) is 6.45. The number of nitrogens with zero attached hydrogens (tertiary/aromatic N) is 1. The van der Waals surface area contributed by atoms with Gasteiger partial charge in [-0.2, -0.15) is 13.5 Å². The van der Waals surface area contributed by atoms with Crippen LogP contribution in [-0.2, 0) is 10.0 Å². The van der Waals surface area contributed by atoms with Crippen LogP contribution >= 0.6 is 11.8 Å². The van der Waals surface area contributed by atoms with E-state index in [1.165, 1.54) is 6.07 Å². The zero-order valence-corrected chi connectivity index (χ0v) is 17.4. The van der Waals surface area contributed by atoms with E-state index in [0.717, 1.165) is 4.90 Å². The zero-order valence-electron chi connectivity index (χ0n) is 15.8. The van der Waals surface area contributed by atoms with Crippen molar-refractivity contribution >= 4 is 39.1 Å². The number of hydrogen-bond donors (Lipinski definition) is 3. The van der Waals surface area contributed by atoms with Crippen LogP contribution in [0.4, 0.5) is 11.4 Å². The maximum Gasteiger partial charge on any atom is 0.278 e. The molecule has 29 heavy (non-hydrogen) atoms. The van der Waals surface area contributed by atoms with Crippen molar-refractivity contribution in [3.05, 3.63) is 60.3 Å². The maximum atomic E-state index is 12.5. The SMILES string of the molecule is CCOc1ccc(NS(=O)(=O)c2cc(C(=O)Nc3cccc(SC)c3)n[nH]2)cc1. The molecule has 0 fully saturated rings. The number of hydrogen-bond acceptors (Lipinski definition) is 6. The molecule has 10 heteroatoms. The Morgan fingerprint density at radius 3 is 2.59 bits per heavy atom. The fraction of sp³-hybridized carbons (Fsp3) is 0.158. The second-order valence-electron chi connectivity index (χ2n) is 5.87. The molecule has 3 aromatic rings. The van der Waals surface area contributed by atoms with Crippen molar-refractivity contribution in [2.24, 2.45) is 0 Å². The first kappa shape index (κ1) is 20.7. The van der Waals surface area contributed by atoms with Gasteiger partial charge >= 0.3 is 0 Å². The van der Waals surface area contributed by atoms with Gasteiger partial charge in [0.1, 0.15) is 5.75 Å². The van der Waals surface area contributed by atoms with Crippen molar-refractivity contribution in [3.63, 3.8) is 0 Å². The van der Waals surface area contributed by atoms with E-state index in [0.29, 0.717) is 23.7 Å². The molecule has 1 heterocycles. The minimum absolute atomic E-state index is 0.0355. The van der Waals surface area contributed by atoms with E-state index in [1.807, 2.05) is 31.4 Å². The minimum atomic E-state index is -3.93. The number of ether oxygens (including phenoxy) is 1. The summed E-state index contributed by atoms with van der Waals surface area (Å²) in [5.74, 6) is 0.128. The number of anilines is 2. The molecule has 1 aromatic heterocycles. The van der Waals surface area contributed by atoms with Gasteiger partial charge in [-0.15, -0.1) is 11.8 Å². The van der Waals surface area contributed by atoms with E-state index in [1.54, 1.807) is 42.1 Å². The highest BCUT2D eigenvalue weighted by Gasteiger charge is 2.20. The first-order chi connectivity index (χ1) is 13.9. The van der Waals surface area contributed by atoms with Crippen LogP contribution in [0.2, 0.25) is 0 Å². The third kappa shape index (κ3) is 5.30. The number of aromatic amines is 1. The molecule has 0 bridgehead atoms. The number of sulfonamides is 1. The number of carbonyl (C=O) groups excluding carboxylic acids is 1. The number of amides is 1. The van der Waals surface area contributed by atoms with Gasteiger partial charge in [-0.05, 0) is 55.6 Å². The molecule has 0 aliphatic rings. The average Bonchev–Trinajstić information content (AvgIpc) is 3.21. The van der Waals surface area contributed by atoms with Crippen molar-refractivity contribution in [3.8, 4) is 5.75 Å². The highest BCUT2D eigenvalue weighted by atomic mass is 32.2. The summed E-state index contributed by atoms with van der Waals surface area (Å²) in [4.78, 5) is 13.4. The Morgan fingerprint density at radius 2 is 1.90 bits per heavy atom. The lowest BCUT2D eigenvalue weighted by molar-refractivity contribution is 0.102. The van der Waals surface area contributed by atoms with Gasteiger partial charge in [-0.3, -0.25) is 14.6 Å². The standard InChI is InChI=1S/C19H20N4O4S2/c1-3-27-15-9-7-13(8-10-15)23-29(25,26)18-12-17(21-22-18)19(24)20-14-5-4-6-16(11-14)28-2/h4-12,23H,3H2,1-2H3,(H,20,24)(H,21,22). The minimum Gasteiger partial charge on any atom is -0.494 e. The van der Waals surface area contributed by atoms with Crippen LogP contribution < -0.4 is 14.8 Å². The molecular weight excluding hydrogens is 412 g/mol. The van der Waals surface area contributed by atoms with Crippen LogP contribution in [0.3, 0.4) is 0 Å². The van der Waals surface area contributed by atoms with Gasteiger partial charge in [-0.1, -0.05) is 6.07 Å². The molecule has 0 aliphatic carbocycles. The lowest BCUT2D eigenvalue weighted by Gasteiger charge is -2.07. The molecule has 152 valence electrons. The third-order valence-electron chi connectivity index (χ3n) is 3.82. The fourth-order valence-corrected chi connectivity index (χ4v) is 3.90. The smallest absolute Gasteiger partial charge is 0.278 e. The summed E-state index contributed by atoms with van der Waals surface area (Å²) in [5.41, 5.74) is 0.927. The summed E-state index contributed by atoms with van der Waals surface area (Å²) in [7, 11) is -3.93. The van der Waals surface area contributed by atoms with Crippen LogP contribution in [0.15, 0.2) is 64.5 Å². The number of nitrogens with one attached hydrogen (secondary N) is 3. The van der Waals surface area contributed by atoms with E-state index < -0.39 is 15.9 Å². The number of H-pyrrole nitrogens is 1. The van der Waals surface area contributed by atoms with Gasteiger partial charge in [0.25, 0.3) is 15.9 Å². The van der Waals surface area contributed by atoms with Gasteiger partial charge in [0.05, 0.1) is 6.61 Å². The summed E-state index contributed by atoms with van der Waals surface area (Å²) in [6.45, 7) is 2.38. The van der Waals surface area contributed by atoms with Gasteiger partial charge in [0, 0.05) is 22.3 Å². The van der Waals surface area contributed by atoms with Crippen molar-refractivity contribution in [1.82, 2.24) is 10.2 Å². The van der Waals surface area contributed by atoms with Crippen LogP contribution in [-0.4, -0.2) is 37.4 Å². The Balaban J connectivity index is 1.71. The van der Waals surface area contributed by atoms with E-state index in [9.17, 15) is 13.2 Å². The van der Waals surface area contributed by atoms with Crippen LogP contribution in [0.5, 0.6) is 5.75 Å². The highest BCUT2D eigenvalue weighted by Crippen LogP contribution is 2.21. The molecule has 0 unspecified atom stereocenters. The Hall–Kier alpha value is -2.98. The molecule has 0 aliphatic heterocycles. The van der Waals surface area contributed by atoms with Crippen molar-refractivity contribution in [2.75, 3.05) is 22.9 Å². The highest BCUT2D eigenvalue weighted by molar-refractivity contribution is 7.98. The predicted octanol–water partition coefficient (Wildman–Crippen LogP) is 3.58. The van der Waals surface area contributed by atoms with E-state index in [4.69, 9.17) is 4.74 Å². The van der Waals surface area contributed by atoms with Gasteiger partial charge < -0.3 is 10.1 Å². The van der Waals surface area contributed by atoms with Gasteiger partial charge in [0.2, 0.25) is 0 Å². The molecule has 1 amide bonds. The van der Waals surface area contributed by atoms with E-state index >= 15 is 0 Å². The summed E-state index contributed by atoms with van der Waals surface area (Å²) < 4.78 is 32.8. The molecule has 0 spiro atoms. The lowest BCUT2D eigenvalue weighted by Crippen LogP contribution is -2.14. The fourth-order valence-electron chi connectivity index (χ4n) is 2.45. The monoisotopic (exact) mass is 432 g/mol. The van der Waals surface area contributed by atoms with E-state index in [2.05, 4.69) is 20.2 Å². The second-order valence-corrected chi connectivity index (χ2v) is 8.40. The Morgan fingerprint density at radius 1 is 1.14 bits per heavy atom. The number of benzene rings is 2. The number of rotatable bonds is 8. The molecule has 0 saturated heterocycles. The first-order valence-corrected chi connectivity index (χ1v) is 11.4. The van der Waals surface area contributed by atoms with Crippen molar-refractivity contribution in [1.29, 1.82) is 0 Å². The first-order valence-electron chi connectivity index (χ1n) is 8.68. The maximum absolute atomic E-state index is 12.5. The van der Waals surface area contributed by atoms with Crippen molar-refractivity contribution < 1.29 is 17.9 Å². The molecule has 0 saturated carbocycles. The summed E-state index contributed by atoms with van der Waals surface area (Å²) >= 11 is 1.55. The van der Waals surface area contributed by atoms with E-state index in [-0.39, 0.29) is 10.7 Å². The summed E-state index contributed by atoms with van der Waals surface area (Å²) in [6, 6.07) is 15.0. The number of aromatic nitrogens is 2. The number of carbonyl (C=O) groups is 1. The molecule has 3 N–H and O–H groups in total. The molecule has 2 aromatic carbocycles. The van der Waals surface area contributed by atoms with Gasteiger partial charge in [0.15, 0.2) is 10.7 Å². The second kappa shape index (κ2) is 9.01. The average molecular weight is 433 g/mol. The topological polar surface area (TPSA) is 113 Å². The largest absolute Gasteiger partial charge is 0.494 e. The van der Waals surface area contributed by atoms with Crippen LogP contribution in [0.1, 0.15) is 17.4 Å². The Bertz CT molecular complexity index is 1100. The molecule has 8 nitrogen and oxygen atoms in total. The quantitative estimate of drug-likeness (QED) is 0.469. The predicted molar refractivity (Wildman–Crippen MR) is 113 cm³/mol. The van der Waals surface area contributed by atoms with Crippen LogP contribution in [0.25, 0.3) is 0 Å². The summed E-state index contributed by atoms with van der Waals surface area (Å²) in [5, 5.41) is 8.71. The zero-order chi connectivity index (χ0) is 20.9. The van der Waals surface area contributed by atoms with Gasteiger partial charge in [-0.25, -0.2) is 0 Å².